The topological polar surface area (TPSA) is 55.4 Å². The van der Waals surface area contributed by atoms with E-state index in [1.54, 1.807) is 0 Å². The fourth-order valence-corrected chi connectivity index (χ4v) is 3.65. The van der Waals surface area contributed by atoms with E-state index in [2.05, 4.69) is 11.4 Å². The first kappa shape index (κ1) is 18.9. The Kier molecular flexibility index (Phi) is 5.80. The maximum atomic E-state index is 12.4. The summed E-state index contributed by atoms with van der Waals surface area (Å²) in [5.41, 5.74) is 5.39. The van der Waals surface area contributed by atoms with Crippen molar-refractivity contribution in [3.05, 3.63) is 51.4 Å². The summed E-state index contributed by atoms with van der Waals surface area (Å²) in [6.45, 7) is 9.72. The number of carbonyl (C=O) groups is 2. The highest BCUT2D eigenvalue weighted by Crippen LogP contribution is 2.40. The zero-order chi connectivity index (χ0) is 18.7. The van der Waals surface area contributed by atoms with Crippen molar-refractivity contribution in [3.63, 3.8) is 0 Å². The van der Waals surface area contributed by atoms with Crippen molar-refractivity contribution in [2.24, 2.45) is 0 Å². The Morgan fingerprint density at radius 1 is 1.12 bits per heavy atom. The first-order valence-electron chi connectivity index (χ1n) is 7.99. The average Bonchev–Trinajstić information content (AvgIpc) is 2.84. The highest BCUT2D eigenvalue weighted by Gasteiger charge is 2.25. The summed E-state index contributed by atoms with van der Waals surface area (Å²) in [6.07, 6.45) is 1.51. The second-order valence-electron chi connectivity index (χ2n) is 6.24. The standard InChI is InChI=1S/C20H23NO3S/c1-11(2)9-16(22)21-19-18(20(23)24-6)17(14(5)25-19)15-8-7-12(3)13(4)10-15/h7-10H,1-6H3,(H,21,22). The quantitative estimate of drug-likeness (QED) is 0.616. The fraction of sp³-hybridized carbons (Fsp3) is 0.300. The Labute approximate surface area is 152 Å². The summed E-state index contributed by atoms with van der Waals surface area (Å²) in [4.78, 5) is 25.5. The van der Waals surface area contributed by atoms with Crippen molar-refractivity contribution < 1.29 is 14.3 Å². The number of allylic oxidation sites excluding steroid dienone is 1. The number of carbonyl (C=O) groups excluding carboxylic acids is 2. The molecule has 0 atom stereocenters. The summed E-state index contributed by atoms with van der Waals surface area (Å²) in [6, 6.07) is 6.08. The van der Waals surface area contributed by atoms with Crippen LogP contribution < -0.4 is 5.32 Å². The number of rotatable bonds is 4. The van der Waals surface area contributed by atoms with Crippen molar-refractivity contribution in [2.45, 2.75) is 34.6 Å². The largest absolute Gasteiger partial charge is 0.465 e. The highest BCUT2D eigenvalue weighted by atomic mass is 32.1. The van der Waals surface area contributed by atoms with Gasteiger partial charge in [0.2, 0.25) is 5.91 Å². The van der Waals surface area contributed by atoms with Crippen molar-refractivity contribution in [1.82, 2.24) is 0 Å². The van der Waals surface area contributed by atoms with E-state index in [-0.39, 0.29) is 5.91 Å². The van der Waals surface area contributed by atoms with E-state index in [1.165, 1.54) is 30.1 Å². The Morgan fingerprint density at radius 3 is 2.36 bits per heavy atom. The van der Waals surface area contributed by atoms with Crippen molar-refractivity contribution in [2.75, 3.05) is 12.4 Å². The van der Waals surface area contributed by atoms with Gasteiger partial charge in [0.1, 0.15) is 10.6 Å². The first-order chi connectivity index (χ1) is 11.7. The summed E-state index contributed by atoms with van der Waals surface area (Å²) >= 11 is 1.38. The monoisotopic (exact) mass is 357 g/mol. The predicted molar refractivity (Wildman–Crippen MR) is 103 cm³/mol. The van der Waals surface area contributed by atoms with Crippen molar-refractivity contribution >= 4 is 28.2 Å². The van der Waals surface area contributed by atoms with Crippen molar-refractivity contribution in [1.29, 1.82) is 0 Å². The highest BCUT2D eigenvalue weighted by molar-refractivity contribution is 7.17. The van der Waals surface area contributed by atoms with Crippen LogP contribution in [0.3, 0.4) is 0 Å². The number of benzene rings is 1. The molecule has 25 heavy (non-hydrogen) atoms. The summed E-state index contributed by atoms with van der Waals surface area (Å²) in [7, 11) is 1.35. The molecule has 0 aliphatic rings. The number of ether oxygens (including phenoxy) is 1. The number of hydrogen-bond donors (Lipinski definition) is 1. The SMILES string of the molecule is COC(=O)c1c(NC(=O)C=C(C)C)sc(C)c1-c1ccc(C)c(C)c1. The molecular formula is C20H23NO3S. The molecule has 0 aliphatic heterocycles. The van der Waals surface area contributed by atoms with Crippen LogP contribution in [0.5, 0.6) is 0 Å². The Hall–Kier alpha value is -2.40. The van der Waals surface area contributed by atoms with Crippen LogP contribution in [0.15, 0.2) is 29.8 Å². The average molecular weight is 357 g/mol. The smallest absolute Gasteiger partial charge is 0.341 e. The van der Waals surface area contributed by atoms with Crippen LogP contribution in [-0.4, -0.2) is 19.0 Å². The molecule has 0 fully saturated rings. The first-order valence-corrected chi connectivity index (χ1v) is 8.81. The molecule has 0 spiro atoms. The van der Waals surface area contributed by atoms with Gasteiger partial charge < -0.3 is 10.1 Å². The molecule has 1 amide bonds. The van der Waals surface area contributed by atoms with Gasteiger partial charge in [-0.15, -0.1) is 11.3 Å². The molecule has 132 valence electrons. The molecule has 0 bridgehead atoms. The lowest BCUT2D eigenvalue weighted by Crippen LogP contribution is -2.12. The van der Waals surface area contributed by atoms with Gasteiger partial charge in [-0.05, 0) is 51.3 Å². The molecule has 0 unspecified atom stereocenters. The molecule has 0 saturated heterocycles. The van der Waals surface area contributed by atoms with Crippen molar-refractivity contribution in [3.8, 4) is 11.1 Å². The normalized spacial score (nSPS) is 10.3. The van der Waals surface area contributed by atoms with Gasteiger partial charge in [0.25, 0.3) is 0 Å². The number of aryl methyl sites for hydroxylation is 3. The molecule has 1 aromatic heterocycles. The molecule has 2 aromatic rings. The molecule has 0 radical (unpaired) electrons. The number of esters is 1. The third-order valence-corrected chi connectivity index (χ3v) is 4.95. The Balaban J connectivity index is 2.60. The van der Waals surface area contributed by atoms with Crippen LogP contribution >= 0.6 is 11.3 Å². The zero-order valence-corrected chi connectivity index (χ0v) is 16.3. The minimum absolute atomic E-state index is 0.252. The van der Waals surface area contributed by atoms with Crippen LogP contribution in [-0.2, 0) is 9.53 Å². The van der Waals surface area contributed by atoms with E-state index in [1.807, 2.05) is 46.8 Å². The summed E-state index contributed by atoms with van der Waals surface area (Å²) < 4.78 is 4.97. The number of amides is 1. The number of nitrogens with one attached hydrogen (secondary N) is 1. The minimum atomic E-state index is -0.454. The molecule has 2 rings (SSSR count). The number of hydrogen-bond acceptors (Lipinski definition) is 4. The van der Waals surface area contributed by atoms with E-state index in [0.29, 0.717) is 10.6 Å². The van der Waals surface area contributed by atoms with Gasteiger partial charge in [-0.2, -0.15) is 0 Å². The van der Waals surface area contributed by atoms with Crippen LogP contribution in [0, 0.1) is 20.8 Å². The van der Waals surface area contributed by atoms with Gasteiger partial charge in [0, 0.05) is 16.5 Å². The summed E-state index contributed by atoms with van der Waals surface area (Å²) in [5, 5.41) is 3.33. The number of anilines is 1. The third-order valence-electron chi connectivity index (χ3n) is 3.93. The van der Waals surface area contributed by atoms with Crippen LogP contribution in [0.1, 0.15) is 40.2 Å². The van der Waals surface area contributed by atoms with Gasteiger partial charge >= 0.3 is 5.97 Å². The van der Waals surface area contributed by atoms with Gasteiger partial charge in [0.15, 0.2) is 0 Å². The maximum absolute atomic E-state index is 12.4. The number of methoxy groups -OCH3 is 1. The van der Waals surface area contributed by atoms with E-state index >= 15 is 0 Å². The van der Waals surface area contributed by atoms with E-state index in [0.717, 1.165) is 27.1 Å². The van der Waals surface area contributed by atoms with Crippen LogP contribution in [0.25, 0.3) is 11.1 Å². The lowest BCUT2D eigenvalue weighted by molar-refractivity contribution is -0.111. The molecule has 5 heteroatoms. The lowest BCUT2D eigenvalue weighted by atomic mass is 9.97. The Morgan fingerprint density at radius 2 is 1.80 bits per heavy atom. The molecule has 0 aliphatic carbocycles. The summed E-state index contributed by atoms with van der Waals surface area (Å²) in [5.74, 6) is -0.705. The van der Waals surface area contributed by atoms with Crippen LogP contribution in [0.2, 0.25) is 0 Å². The van der Waals surface area contributed by atoms with E-state index < -0.39 is 5.97 Å². The molecule has 1 heterocycles. The minimum Gasteiger partial charge on any atom is -0.465 e. The van der Waals surface area contributed by atoms with Gasteiger partial charge in [-0.1, -0.05) is 23.8 Å². The molecule has 1 N–H and O–H groups in total. The zero-order valence-electron chi connectivity index (χ0n) is 15.4. The fourth-order valence-electron chi connectivity index (χ4n) is 2.58. The predicted octanol–water partition coefficient (Wildman–Crippen LogP) is 5.03. The lowest BCUT2D eigenvalue weighted by Gasteiger charge is -2.09. The van der Waals surface area contributed by atoms with E-state index in [4.69, 9.17) is 4.74 Å². The Bertz CT molecular complexity index is 858. The van der Waals surface area contributed by atoms with Gasteiger partial charge in [-0.25, -0.2) is 4.79 Å². The molecule has 4 nitrogen and oxygen atoms in total. The van der Waals surface area contributed by atoms with E-state index in [9.17, 15) is 9.59 Å². The molecule has 1 aromatic carbocycles. The number of thiophene rings is 1. The van der Waals surface area contributed by atoms with Gasteiger partial charge in [0.05, 0.1) is 7.11 Å². The second kappa shape index (κ2) is 7.66. The second-order valence-corrected chi connectivity index (χ2v) is 7.46. The maximum Gasteiger partial charge on any atom is 0.341 e. The van der Waals surface area contributed by atoms with Crippen LogP contribution in [0.4, 0.5) is 5.00 Å². The molecule has 0 saturated carbocycles. The molecular weight excluding hydrogens is 334 g/mol. The third kappa shape index (κ3) is 4.17. The van der Waals surface area contributed by atoms with Gasteiger partial charge in [-0.3, -0.25) is 4.79 Å².